The number of halogens is 6. The predicted molar refractivity (Wildman–Crippen MR) is 52.4 cm³/mol. The summed E-state index contributed by atoms with van der Waals surface area (Å²) >= 11 is 2.95. The van der Waals surface area contributed by atoms with Crippen molar-refractivity contribution < 1.29 is 31.4 Å². The molecule has 8 heteroatoms. The van der Waals surface area contributed by atoms with Gasteiger partial charge < -0.3 is 9.47 Å². The minimum Gasteiger partial charge on any atom is -0.435 e. The number of hydrogen-bond donors (Lipinski definition) is 0. The van der Waals surface area contributed by atoms with Crippen molar-refractivity contribution in [3.63, 3.8) is 0 Å². The van der Waals surface area contributed by atoms with Gasteiger partial charge in [0.25, 0.3) is 0 Å². The lowest BCUT2D eigenvalue weighted by molar-refractivity contribution is -0.274. The number of hydrogen-bond acceptors (Lipinski definition) is 2. The molecule has 0 aliphatic carbocycles. The Hall–Kier alpha value is -1.05. The minimum atomic E-state index is -4.82. The number of alkyl halides is 6. The molecular weight excluding hydrogens is 315 g/mol. The van der Waals surface area contributed by atoms with E-state index in [4.69, 9.17) is 0 Å². The van der Waals surface area contributed by atoms with Crippen LogP contribution in [0.2, 0.25) is 0 Å². The molecular formula is C9H6BrF5O2. The van der Waals surface area contributed by atoms with Crippen molar-refractivity contribution >= 4 is 15.9 Å². The first kappa shape index (κ1) is 14.0. The van der Waals surface area contributed by atoms with Gasteiger partial charge in [-0.2, -0.15) is 8.78 Å². The highest BCUT2D eigenvalue weighted by atomic mass is 79.9. The monoisotopic (exact) mass is 320 g/mol. The number of ether oxygens (including phenoxy) is 2. The van der Waals surface area contributed by atoms with E-state index >= 15 is 0 Å². The van der Waals surface area contributed by atoms with Crippen molar-refractivity contribution in [3.8, 4) is 11.5 Å². The Morgan fingerprint density at radius 3 is 2.35 bits per heavy atom. The normalized spacial score (nSPS) is 11.7. The maximum absolute atomic E-state index is 12.0. The van der Waals surface area contributed by atoms with Gasteiger partial charge in [0, 0.05) is 10.9 Å². The van der Waals surface area contributed by atoms with E-state index in [2.05, 4.69) is 25.4 Å². The summed E-state index contributed by atoms with van der Waals surface area (Å²) in [6, 6.07) is 2.86. The average molecular weight is 321 g/mol. The van der Waals surface area contributed by atoms with Crippen molar-refractivity contribution in [2.24, 2.45) is 0 Å². The van der Waals surface area contributed by atoms with Crippen LogP contribution < -0.4 is 9.47 Å². The number of rotatable bonds is 4. The maximum Gasteiger partial charge on any atom is 0.573 e. The molecule has 0 aliphatic rings. The molecule has 0 N–H and O–H groups in total. The van der Waals surface area contributed by atoms with Gasteiger partial charge in [-0.15, -0.1) is 13.2 Å². The maximum atomic E-state index is 12.0. The molecule has 0 radical (unpaired) electrons. The zero-order valence-electron chi connectivity index (χ0n) is 8.10. The van der Waals surface area contributed by atoms with Gasteiger partial charge in [0.1, 0.15) is 11.5 Å². The van der Waals surface area contributed by atoms with Gasteiger partial charge >= 0.3 is 13.0 Å². The molecule has 17 heavy (non-hydrogen) atoms. The average Bonchev–Trinajstić information content (AvgIpc) is 2.17. The summed E-state index contributed by atoms with van der Waals surface area (Å²) in [6.45, 7) is -3.04. The topological polar surface area (TPSA) is 18.5 Å². The van der Waals surface area contributed by atoms with Crippen LogP contribution in [-0.2, 0) is 5.33 Å². The van der Waals surface area contributed by atoms with Crippen LogP contribution in [0.3, 0.4) is 0 Å². The molecule has 0 bridgehead atoms. The Morgan fingerprint density at radius 1 is 1.24 bits per heavy atom. The van der Waals surface area contributed by atoms with E-state index in [9.17, 15) is 22.0 Å². The molecule has 2 nitrogen and oxygen atoms in total. The van der Waals surface area contributed by atoms with Crippen LogP contribution in [-0.4, -0.2) is 13.0 Å². The Morgan fingerprint density at radius 2 is 1.88 bits per heavy atom. The van der Waals surface area contributed by atoms with Gasteiger partial charge in [-0.1, -0.05) is 15.9 Å². The second kappa shape index (κ2) is 5.52. The molecule has 1 rings (SSSR count). The number of benzene rings is 1. The molecule has 0 heterocycles. The standard InChI is InChI=1S/C9H6BrF5O2/c10-4-5-3-6(17-9(13,14)15)1-2-7(5)16-8(11)12/h1-3,8H,4H2. The highest BCUT2D eigenvalue weighted by molar-refractivity contribution is 9.08. The van der Waals surface area contributed by atoms with Crippen LogP contribution in [0.4, 0.5) is 22.0 Å². The third-order valence-corrected chi connectivity index (χ3v) is 2.23. The van der Waals surface area contributed by atoms with E-state index in [1.807, 2.05) is 0 Å². The molecule has 0 aliphatic heterocycles. The summed E-state index contributed by atoms with van der Waals surface area (Å²) in [4.78, 5) is 0. The van der Waals surface area contributed by atoms with Crippen LogP contribution in [0.25, 0.3) is 0 Å². The van der Waals surface area contributed by atoms with E-state index in [1.54, 1.807) is 0 Å². The lowest BCUT2D eigenvalue weighted by Crippen LogP contribution is -2.17. The third kappa shape index (κ3) is 4.76. The van der Waals surface area contributed by atoms with E-state index in [0.29, 0.717) is 0 Å². The first-order chi connectivity index (χ1) is 7.81. The van der Waals surface area contributed by atoms with Gasteiger partial charge in [0.05, 0.1) is 0 Å². The Bertz CT molecular complexity index is 380. The fourth-order valence-electron chi connectivity index (χ4n) is 1.07. The van der Waals surface area contributed by atoms with Gasteiger partial charge in [-0.05, 0) is 18.2 Å². The summed E-state index contributed by atoms with van der Waals surface area (Å²) in [5.74, 6) is -0.694. The van der Waals surface area contributed by atoms with Gasteiger partial charge in [-0.25, -0.2) is 0 Å². The smallest absolute Gasteiger partial charge is 0.435 e. The van der Waals surface area contributed by atoms with Crippen molar-refractivity contribution in [2.75, 3.05) is 0 Å². The largest absolute Gasteiger partial charge is 0.573 e. The van der Waals surface area contributed by atoms with Crippen LogP contribution in [0.1, 0.15) is 5.56 Å². The highest BCUT2D eigenvalue weighted by Gasteiger charge is 2.31. The fraction of sp³-hybridized carbons (Fsp3) is 0.333. The molecule has 0 saturated heterocycles. The van der Waals surface area contributed by atoms with Crippen molar-refractivity contribution in [1.82, 2.24) is 0 Å². The zero-order chi connectivity index (χ0) is 13.1. The Labute approximate surface area is 101 Å². The van der Waals surface area contributed by atoms with Gasteiger partial charge in [0.2, 0.25) is 0 Å². The summed E-state index contributed by atoms with van der Waals surface area (Å²) in [7, 11) is 0. The van der Waals surface area contributed by atoms with Crippen LogP contribution in [0, 0.1) is 0 Å². The predicted octanol–water partition coefficient (Wildman–Crippen LogP) is 4.08. The van der Waals surface area contributed by atoms with Crippen molar-refractivity contribution in [2.45, 2.75) is 18.3 Å². The minimum absolute atomic E-state index is 0.0596. The van der Waals surface area contributed by atoms with E-state index in [-0.39, 0.29) is 16.6 Å². The second-order valence-electron chi connectivity index (χ2n) is 2.83. The molecule has 0 spiro atoms. The second-order valence-corrected chi connectivity index (χ2v) is 3.39. The molecule has 0 amide bonds. The summed E-state index contributed by atoms with van der Waals surface area (Å²) in [5, 5.41) is 0.0596. The third-order valence-electron chi connectivity index (χ3n) is 1.63. The quantitative estimate of drug-likeness (QED) is 0.614. The molecule has 96 valence electrons. The highest BCUT2D eigenvalue weighted by Crippen LogP contribution is 2.30. The van der Waals surface area contributed by atoms with Gasteiger partial charge in [-0.3, -0.25) is 0 Å². The van der Waals surface area contributed by atoms with Gasteiger partial charge in [0.15, 0.2) is 0 Å². The summed E-state index contributed by atoms with van der Waals surface area (Å²) < 4.78 is 67.4. The molecule has 0 saturated carbocycles. The molecule has 0 atom stereocenters. The SMILES string of the molecule is FC(F)Oc1ccc(OC(F)(F)F)cc1CBr. The molecule has 0 aromatic heterocycles. The first-order valence-corrected chi connectivity index (χ1v) is 5.33. The van der Waals surface area contributed by atoms with Crippen LogP contribution in [0.5, 0.6) is 11.5 Å². The lowest BCUT2D eigenvalue weighted by atomic mass is 10.2. The zero-order valence-corrected chi connectivity index (χ0v) is 9.69. The van der Waals surface area contributed by atoms with E-state index in [0.717, 1.165) is 18.2 Å². The Balaban J connectivity index is 2.92. The lowest BCUT2D eigenvalue weighted by Gasteiger charge is -2.12. The molecule has 0 fully saturated rings. The van der Waals surface area contributed by atoms with E-state index in [1.165, 1.54) is 0 Å². The molecule has 1 aromatic carbocycles. The molecule has 1 aromatic rings. The fourth-order valence-corrected chi connectivity index (χ4v) is 1.51. The van der Waals surface area contributed by atoms with E-state index < -0.39 is 18.7 Å². The van der Waals surface area contributed by atoms with Crippen LogP contribution >= 0.6 is 15.9 Å². The summed E-state index contributed by atoms with van der Waals surface area (Å²) in [5.41, 5.74) is 0.132. The summed E-state index contributed by atoms with van der Waals surface area (Å²) in [6.07, 6.45) is -4.82. The Kier molecular flexibility index (Phi) is 4.55. The molecule has 0 unspecified atom stereocenters. The van der Waals surface area contributed by atoms with Crippen LogP contribution in [0.15, 0.2) is 18.2 Å². The first-order valence-electron chi connectivity index (χ1n) is 4.21. The van der Waals surface area contributed by atoms with Crippen molar-refractivity contribution in [1.29, 1.82) is 0 Å². The van der Waals surface area contributed by atoms with Crippen molar-refractivity contribution in [3.05, 3.63) is 23.8 Å².